The molecule has 3 rings (SSSR count). The zero-order chi connectivity index (χ0) is 15.7. The molecule has 0 bridgehead atoms. The van der Waals surface area contributed by atoms with Crippen LogP contribution in [0, 0.1) is 5.92 Å². The zero-order valence-corrected chi connectivity index (χ0v) is 13.0. The van der Waals surface area contributed by atoms with Gasteiger partial charge in [0.2, 0.25) is 5.09 Å². The van der Waals surface area contributed by atoms with Crippen molar-refractivity contribution in [1.29, 1.82) is 0 Å². The summed E-state index contributed by atoms with van der Waals surface area (Å²) in [6.45, 7) is 1.93. The number of rotatable bonds is 6. The van der Waals surface area contributed by atoms with Crippen LogP contribution in [0.15, 0.2) is 33.9 Å². The molecule has 22 heavy (non-hydrogen) atoms. The summed E-state index contributed by atoms with van der Waals surface area (Å²) in [5.74, 6) is 0.599. The van der Waals surface area contributed by atoms with E-state index in [2.05, 4.69) is 14.9 Å². The molecule has 1 fully saturated rings. The van der Waals surface area contributed by atoms with Crippen LogP contribution in [-0.4, -0.2) is 35.9 Å². The molecular weight excluding hydrogens is 306 g/mol. The highest BCUT2D eigenvalue weighted by Crippen LogP contribution is 2.32. The monoisotopic (exact) mass is 325 g/mol. The third-order valence-corrected chi connectivity index (χ3v) is 5.44. The van der Waals surface area contributed by atoms with Gasteiger partial charge in [0.1, 0.15) is 5.69 Å². The number of nitrogens with zero attached hydrogens (tertiary/aromatic N) is 1. The summed E-state index contributed by atoms with van der Waals surface area (Å²) in [6.07, 6.45) is 3.21. The molecule has 0 aliphatic heterocycles. The number of aromatic nitrogens is 2. The Kier molecular flexibility index (Phi) is 4.07. The Balaban J connectivity index is 1.75. The summed E-state index contributed by atoms with van der Waals surface area (Å²) in [5.41, 5.74) is 0.621. The first-order valence-corrected chi connectivity index (χ1v) is 8.78. The maximum absolute atomic E-state index is 12.4. The lowest BCUT2D eigenvalue weighted by molar-refractivity contribution is 0.0277. The molecule has 3 N–H and O–H groups in total. The third kappa shape index (κ3) is 2.94. The van der Waals surface area contributed by atoms with E-state index in [-0.39, 0.29) is 23.2 Å². The minimum absolute atomic E-state index is 0.115. The number of aliphatic hydroxyl groups is 1. The van der Waals surface area contributed by atoms with Crippen molar-refractivity contribution >= 4 is 10.0 Å². The van der Waals surface area contributed by atoms with Gasteiger partial charge in [0.05, 0.1) is 6.10 Å². The predicted molar refractivity (Wildman–Crippen MR) is 79.4 cm³/mol. The van der Waals surface area contributed by atoms with Gasteiger partial charge in [-0.25, -0.2) is 13.1 Å². The fourth-order valence-electron chi connectivity index (χ4n) is 2.73. The molecule has 1 aliphatic rings. The molecular formula is C14H19N3O4S. The van der Waals surface area contributed by atoms with E-state index in [1.165, 1.54) is 6.07 Å². The highest BCUT2D eigenvalue weighted by Gasteiger charge is 2.36. The Hall–Kier alpha value is -1.64. The summed E-state index contributed by atoms with van der Waals surface area (Å²) in [5, 5.41) is 15.8. The lowest BCUT2D eigenvalue weighted by Gasteiger charge is -2.37. The van der Waals surface area contributed by atoms with E-state index < -0.39 is 10.0 Å². The molecule has 0 amide bonds. The molecule has 0 unspecified atom stereocenters. The standard InChI is InChI=1S/C14H19N3O4S/c1-2-11(9-7-10(18)8-9)17-22(19,20)14-4-3-13(21-14)12-5-6-15-16-12/h3-6,9-11,17-18H,2,7-8H2,1H3,(H,15,16)/t9?,10?,11-/m0/s1. The normalized spacial score (nSPS) is 23.2. The van der Waals surface area contributed by atoms with Gasteiger partial charge in [0.25, 0.3) is 10.0 Å². The molecule has 0 radical (unpaired) electrons. The number of H-pyrrole nitrogens is 1. The van der Waals surface area contributed by atoms with Crippen LogP contribution in [0.2, 0.25) is 0 Å². The average molecular weight is 325 g/mol. The second kappa shape index (κ2) is 5.86. The number of hydrogen-bond acceptors (Lipinski definition) is 5. The van der Waals surface area contributed by atoms with Crippen molar-refractivity contribution in [1.82, 2.24) is 14.9 Å². The Morgan fingerprint density at radius 3 is 2.82 bits per heavy atom. The highest BCUT2D eigenvalue weighted by atomic mass is 32.2. The Labute approximate surface area is 128 Å². The van der Waals surface area contributed by atoms with Crippen LogP contribution in [-0.2, 0) is 10.0 Å². The van der Waals surface area contributed by atoms with Crippen molar-refractivity contribution in [2.24, 2.45) is 5.92 Å². The smallest absolute Gasteiger partial charge is 0.274 e. The van der Waals surface area contributed by atoms with Gasteiger partial charge in [0, 0.05) is 12.2 Å². The van der Waals surface area contributed by atoms with Crippen LogP contribution in [0.3, 0.4) is 0 Å². The third-order valence-electron chi connectivity index (χ3n) is 4.08. The Morgan fingerprint density at radius 1 is 1.45 bits per heavy atom. The highest BCUT2D eigenvalue weighted by molar-refractivity contribution is 7.89. The SMILES string of the molecule is CC[C@H](NS(=O)(=O)c1ccc(-c2ccn[nH]2)o1)C1CC(O)C1. The maximum Gasteiger partial charge on any atom is 0.274 e. The predicted octanol–water partition coefficient (Wildman–Crippen LogP) is 1.50. The van der Waals surface area contributed by atoms with Gasteiger partial charge in [0.15, 0.2) is 5.76 Å². The minimum atomic E-state index is -3.71. The van der Waals surface area contributed by atoms with Crippen LogP contribution < -0.4 is 4.72 Å². The number of aromatic amines is 1. The lowest BCUT2D eigenvalue weighted by Crippen LogP contribution is -2.46. The number of furan rings is 1. The second-order valence-corrected chi connectivity index (χ2v) is 7.26. The molecule has 7 nitrogen and oxygen atoms in total. The van der Waals surface area contributed by atoms with Crippen molar-refractivity contribution in [2.75, 3.05) is 0 Å². The molecule has 0 spiro atoms. The van der Waals surface area contributed by atoms with E-state index in [1.54, 1.807) is 18.3 Å². The number of hydrogen-bond donors (Lipinski definition) is 3. The molecule has 8 heteroatoms. The van der Waals surface area contributed by atoms with E-state index in [4.69, 9.17) is 4.42 Å². The number of aliphatic hydroxyl groups excluding tert-OH is 1. The summed E-state index contributed by atoms with van der Waals surface area (Å²) >= 11 is 0. The molecule has 1 aliphatic carbocycles. The van der Waals surface area contributed by atoms with Crippen LogP contribution >= 0.6 is 0 Å². The van der Waals surface area contributed by atoms with Crippen LogP contribution in [0.5, 0.6) is 0 Å². The van der Waals surface area contributed by atoms with Crippen molar-refractivity contribution in [2.45, 2.75) is 43.4 Å². The Morgan fingerprint density at radius 2 is 2.23 bits per heavy atom. The largest absolute Gasteiger partial charge is 0.442 e. The van der Waals surface area contributed by atoms with Crippen LogP contribution in [0.25, 0.3) is 11.5 Å². The van der Waals surface area contributed by atoms with E-state index in [0.29, 0.717) is 30.7 Å². The van der Waals surface area contributed by atoms with Gasteiger partial charge >= 0.3 is 0 Å². The maximum atomic E-state index is 12.4. The summed E-state index contributed by atoms with van der Waals surface area (Å²) in [4.78, 5) is 0. The lowest BCUT2D eigenvalue weighted by atomic mass is 9.77. The quantitative estimate of drug-likeness (QED) is 0.746. The minimum Gasteiger partial charge on any atom is -0.442 e. The number of nitrogens with one attached hydrogen (secondary N) is 2. The fraction of sp³-hybridized carbons (Fsp3) is 0.500. The van der Waals surface area contributed by atoms with Crippen molar-refractivity contribution in [3.63, 3.8) is 0 Å². The van der Waals surface area contributed by atoms with Crippen molar-refractivity contribution in [3.05, 3.63) is 24.4 Å². The van der Waals surface area contributed by atoms with Gasteiger partial charge in [-0.2, -0.15) is 5.10 Å². The van der Waals surface area contributed by atoms with Gasteiger partial charge in [-0.3, -0.25) is 5.10 Å². The molecule has 120 valence electrons. The Bertz CT molecular complexity index is 717. The molecule has 0 aromatic carbocycles. The molecule has 0 saturated heterocycles. The molecule has 2 heterocycles. The first kappa shape index (κ1) is 15.3. The topological polar surface area (TPSA) is 108 Å². The van der Waals surface area contributed by atoms with Gasteiger partial charge < -0.3 is 9.52 Å². The van der Waals surface area contributed by atoms with E-state index in [9.17, 15) is 13.5 Å². The van der Waals surface area contributed by atoms with Crippen LogP contribution in [0.1, 0.15) is 26.2 Å². The zero-order valence-electron chi connectivity index (χ0n) is 12.2. The summed E-state index contributed by atoms with van der Waals surface area (Å²) in [6, 6.07) is 4.54. The van der Waals surface area contributed by atoms with E-state index in [1.807, 2.05) is 6.92 Å². The van der Waals surface area contributed by atoms with E-state index >= 15 is 0 Å². The average Bonchev–Trinajstić information content (AvgIpc) is 3.11. The summed E-state index contributed by atoms with van der Waals surface area (Å²) < 4.78 is 32.9. The fourth-order valence-corrected chi connectivity index (χ4v) is 4.05. The van der Waals surface area contributed by atoms with Crippen molar-refractivity contribution in [3.8, 4) is 11.5 Å². The first-order chi connectivity index (χ1) is 10.5. The van der Waals surface area contributed by atoms with Gasteiger partial charge in [-0.05, 0) is 43.4 Å². The van der Waals surface area contributed by atoms with Crippen LogP contribution in [0.4, 0.5) is 0 Å². The molecule has 1 saturated carbocycles. The summed E-state index contributed by atoms with van der Waals surface area (Å²) in [7, 11) is -3.71. The number of sulfonamides is 1. The molecule has 2 aromatic rings. The second-order valence-electron chi connectivity index (χ2n) is 5.61. The van der Waals surface area contributed by atoms with Gasteiger partial charge in [-0.1, -0.05) is 6.92 Å². The van der Waals surface area contributed by atoms with Gasteiger partial charge in [-0.15, -0.1) is 0 Å². The molecule has 1 atom stereocenters. The van der Waals surface area contributed by atoms with Crippen molar-refractivity contribution < 1.29 is 17.9 Å². The molecule has 2 aromatic heterocycles. The first-order valence-electron chi connectivity index (χ1n) is 7.29. The van der Waals surface area contributed by atoms with E-state index in [0.717, 1.165) is 0 Å².